The molecule has 1 heterocycles. The number of rotatable bonds is 6. The Morgan fingerprint density at radius 2 is 2.14 bits per heavy atom. The van der Waals surface area contributed by atoms with Crippen LogP contribution in [0.15, 0.2) is 24.3 Å². The highest BCUT2D eigenvalue weighted by Gasteiger charge is 2.23. The topological polar surface area (TPSA) is 41.6 Å². The number of methoxy groups -OCH3 is 1. The number of carbonyl (C=O) groups excluding carboxylic acids is 1. The summed E-state index contributed by atoms with van der Waals surface area (Å²) in [6.45, 7) is 4.97. The number of nitrogens with zero attached hydrogens (tertiary/aromatic N) is 1. The van der Waals surface area contributed by atoms with Crippen molar-refractivity contribution in [3.63, 3.8) is 0 Å². The van der Waals surface area contributed by atoms with Gasteiger partial charge in [0.1, 0.15) is 5.75 Å². The summed E-state index contributed by atoms with van der Waals surface area (Å²) in [5.41, 5.74) is 1.16. The molecule has 1 aliphatic rings. The molecule has 0 spiro atoms. The zero-order chi connectivity index (χ0) is 15.9. The first kappa shape index (κ1) is 16.8. The van der Waals surface area contributed by atoms with Crippen LogP contribution in [0.1, 0.15) is 37.7 Å². The van der Waals surface area contributed by atoms with Gasteiger partial charge in [-0.25, -0.2) is 0 Å². The average molecular weight is 304 g/mol. The van der Waals surface area contributed by atoms with Gasteiger partial charge in [-0.05, 0) is 56.0 Å². The highest BCUT2D eigenvalue weighted by molar-refractivity contribution is 5.77. The third kappa shape index (κ3) is 4.47. The maximum absolute atomic E-state index is 12.5. The van der Waals surface area contributed by atoms with Crippen LogP contribution in [-0.2, 0) is 4.79 Å². The SMILES string of the molecule is CNCC1CCN(C(=O)CC(C)c2cccc(OC)c2)CC1. The molecule has 4 heteroatoms. The van der Waals surface area contributed by atoms with Crippen LogP contribution in [0.25, 0.3) is 0 Å². The molecule has 1 unspecified atom stereocenters. The monoisotopic (exact) mass is 304 g/mol. The van der Waals surface area contributed by atoms with Crippen molar-refractivity contribution < 1.29 is 9.53 Å². The maximum Gasteiger partial charge on any atom is 0.223 e. The standard InChI is InChI=1S/C18H28N2O2/c1-14(16-5-4-6-17(12-16)22-3)11-18(21)20-9-7-15(8-10-20)13-19-2/h4-6,12,14-15,19H,7-11,13H2,1-3H3. The lowest BCUT2D eigenvalue weighted by molar-refractivity contribution is -0.132. The number of ether oxygens (including phenoxy) is 1. The van der Waals surface area contributed by atoms with Crippen LogP contribution in [0.5, 0.6) is 5.75 Å². The molecule has 1 aromatic rings. The molecule has 0 aliphatic carbocycles. The van der Waals surface area contributed by atoms with Gasteiger partial charge in [0.05, 0.1) is 7.11 Å². The number of amides is 1. The van der Waals surface area contributed by atoms with E-state index in [4.69, 9.17) is 4.74 Å². The van der Waals surface area contributed by atoms with E-state index in [9.17, 15) is 4.79 Å². The second kappa shape index (κ2) is 8.18. The molecule has 0 aromatic heterocycles. The zero-order valence-electron chi connectivity index (χ0n) is 14.0. The number of carbonyl (C=O) groups is 1. The normalized spacial score (nSPS) is 17.3. The lowest BCUT2D eigenvalue weighted by Gasteiger charge is -2.32. The Kier molecular flexibility index (Phi) is 6.25. The van der Waals surface area contributed by atoms with Crippen molar-refractivity contribution in [1.29, 1.82) is 0 Å². The highest BCUT2D eigenvalue weighted by Crippen LogP contribution is 2.25. The number of hydrogen-bond acceptors (Lipinski definition) is 3. The van der Waals surface area contributed by atoms with Crippen LogP contribution < -0.4 is 10.1 Å². The molecule has 1 saturated heterocycles. The molecule has 4 nitrogen and oxygen atoms in total. The summed E-state index contributed by atoms with van der Waals surface area (Å²) in [4.78, 5) is 14.5. The largest absolute Gasteiger partial charge is 0.497 e. The van der Waals surface area contributed by atoms with Crippen LogP contribution >= 0.6 is 0 Å². The first-order valence-corrected chi connectivity index (χ1v) is 8.20. The van der Waals surface area contributed by atoms with E-state index in [2.05, 4.69) is 18.3 Å². The van der Waals surface area contributed by atoms with E-state index in [0.717, 1.165) is 43.8 Å². The van der Waals surface area contributed by atoms with Crippen LogP contribution in [0.2, 0.25) is 0 Å². The van der Waals surface area contributed by atoms with Gasteiger partial charge in [-0.1, -0.05) is 19.1 Å². The van der Waals surface area contributed by atoms with Gasteiger partial charge in [0.2, 0.25) is 5.91 Å². The molecule has 1 atom stereocenters. The summed E-state index contributed by atoms with van der Waals surface area (Å²) < 4.78 is 5.26. The van der Waals surface area contributed by atoms with Crippen LogP contribution in [0, 0.1) is 5.92 Å². The van der Waals surface area contributed by atoms with E-state index in [1.807, 2.05) is 30.1 Å². The van der Waals surface area contributed by atoms with Gasteiger partial charge in [-0.15, -0.1) is 0 Å². The van der Waals surface area contributed by atoms with Crippen LogP contribution in [0.3, 0.4) is 0 Å². The van der Waals surface area contributed by atoms with Crippen molar-refractivity contribution in [3.05, 3.63) is 29.8 Å². The van der Waals surface area contributed by atoms with Gasteiger partial charge in [0.15, 0.2) is 0 Å². The first-order valence-electron chi connectivity index (χ1n) is 8.20. The van der Waals surface area contributed by atoms with E-state index in [1.165, 1.54) is 0 Å². The van der Waals surface area contributed by atoms with Gasteiger partial charge in [0, 0.05) is 19.5 Å². The summed E-state index contributed by atoms with van der Waals surface area (Å²) in [5, 5.41) is 3.23. The Morgan fingerprint density at radius 3 is 2.77 bits per heavy atom. The fraction of sp³-hybridized carbons (Fsp3) is 0.611. The minimum absolute atomic E-state index is 0.220. The van der Waals surface area contributed by atoms with Gasteiger partial charge in [0.25, 0.3) is 0 Å². The van der Waals surface area contributed by atoms with Crippen molar-refractivity contribution in [2.45, 2.75) is 32.1 Å². The molecule has 1 aromatic carbocycles. The second-order valence-electron chi connectivity index (χ2n) is 6.26. The molecular formula is C18H28N2O2. The Hall–Kier alpha value is -1.55. The zero-order valence-corrected chi connectivity index (χ0v) is 14.0. The Labute approximate surface area is 133 Å². The van der Waals surface area contributed by atoms with Crippen molar-refractivity contribution in [3.8, 4) is 5.75 Å². The number of likely N-dealkylation sites (tertiary alicyclic amines) is 1. The van der Waals surface area contributed by atoms with Crippen molar-refractivity contribution in [2.24, 2.45) is 5.92 Å². The average Bonchev–Trinajstić information content (AvgIpc) is 2.55. The molecule has 1 aliphatic heterocycles. The van der Waals surface area contributed by atoms with E-state index in [1.54, 1.807) is 7.11 Å². The highest BCUT2D eigenvalue weighted by atomic mass is 16.5. The van der Waals surface area contributed by atoms with Gasteiger partial charge in [-0.3, -0.25) is 4.79 Å². The maximum atomic E-state index is 12.5. The molecule has 22 heavy (non-hydrogen) atoms. The van der Waals surface area contributed by atoms with Crippen molar-refractivity contribution >= 4 is 5.91 Å². The quantitative estimate of drug-likeness (QED) is 0.878. The molecule has 1 N–H and O–H groups in total. The smallest absolute Gasteiger partial charge is 0.223 e. The van der Waals surface area contributed by atoms with E-state index < -0.39 is 0 Å². The molecular weight excluding hydrogens is 276 g/mol. The summed E-state index contributed by atoms with van der Waals surface area (Å²) in [5.74, 6) is 2.06. The van der Waals surface area contributed by atoms with Gasteiger partial charge < -0.3 is 15.0 Å². The van der Waals surface area contributed by atoms with Crippen molar-refractivity contribution in [2.75, 3.05) is 33.8 Å². The molecule has 0 bridgehead atoms. The van der Waals surface area contributed by atoms with E-state index in [0.29, 0.717) is 12.3 Å². The Bertz CT molecular complexity index is 482. The molecule has 1 amide bonds. The summed E-state index contributed by atoms with van der Waals surface area (Å²) in [6.07, 6.45) is 2.80. The lowest BCUT2D eigenvalue weighted by atomic mass is 9.94. The van der Waals surface area contributed by atoms with Gasteiger partial charge in [-0.2, -0.15) is 0 Å². The van der Waals surface area contributed by atoms with E-state index in [-0.39, 0.29) is 11.8 Å². The summed E-state index contributed by atoms with van der Waals surface area (Å²) >= 11 is 0. The minimum atomic E-state index is 0.220. The number of hydrogen-bond donors (Lipinski definition) is 1. The molecule has 122 valence electrons. The predicted molar refractivity (Wildman–Crippen MR) is 89.3 cm³/mol. The van der Waals surface area contributed by atoms with Crippen molar-refractivity contribution in [1.82, 2.24) is 10.2 Å². The Balaban J connectivity index is 1.86. The number of piperidine rings is 1. The fourth-order valence-corrected chi connectivity index (χ4v) is 3.13. The third-order valence-corrected chi connectivity index (χ3v) is 4.60. The van der Waals surface area contributed by atoms with Crippen LogP contribution in [0.4, 0.5) is 0 Å². The summed E-state index contributed by atoms with van der Waals surface area (Å²) in [7, 11) is 3.66. The molecule has 0 saturated carbocycles. The Morgan fingerprint density at radius 1 is 1.41 bits per heavy atom. The lowest BCUT2D eigenvalue weighted by Crippen LogP contribution is -2.40. The summed E-state index contributed by atoms with van der Waals surface area (Å²) in [6, 6.07) is 8.01. The molecule has 0 radical (unpaired) electrons. The number of benzene rings is 1. The second-order valence-corrected chi connectivity index (χ2v) is 6.26. The molecule has 2 rings (SSSR count). The van der Waals surface area contributed by atoms with E-state index >= 15 is 0 Å². The fourth-order valence-electron chi connectivity index (χ4n) is 3.13. The van der Waals surface area contributed by atoms with Gasteiger partial charge >= 0.3 is 0 Å². The molecule has 1 fully saturated rings. The predicted octanol–water partition coefficient (Wildman–Crippen LogP) is 2.65. The number of nitrogens with one attached hydrogen (secondary N) is 1. The third-order valence-electron chi connectivity index (χ3n) is 4.60. The minimum Gasteiger partial charge on any atom is -0.497 e. The van der Waals surface area contributed by atoms with Crippen LogP contribution in [-0.4, -0.2) is 44.6 Å². The first-order chi connectivity index (χ1) is 10.6.